The minimum Gasteiger partial charge on any atom is -0.493 e. The molecule has 1 aliphatic rings. The van der Waals surface area contributed by atoms with Crippen LogP contribution in [0.15, 0.2) is 48.5 Å². The van der Waals surface area contributed by atoms with Crippen molar-refractivity contribution in [3.63, 3.8) is 0 Å². The van der Waals surface area contributed by atoms with Crippen LogP contribution in [0.3, 0.4) is 0 Å². The van der Waals surface area contributed by atoms with Crippen molar-refractivity contribution in [2.75, 3.05) is 19.0 Å². The van der Waals surface area contributed by atoms with Gasteiger partial charge in [0.1, 0.15) is 5.75 Å². The van der Waals surface area contributed by atoms with Crippen LogP contribution in [0.25, 0.3) is 0 Å². The number of carbonyl (C=O) groups excluding carboxylic acids is 2. The first-order chi connectivity index (χ1) is 11.7. The number of anilines is 1. The fourth-order valence-electron chi connectivity index (χ4n) is 2.91. The van der Waals surface area contributed by atoms with Gasteiger partial charge in [0.2, 0.25) is 5.91 Å². The summed E-state index contributed by atoms with van der Waals surface area (Å²) in [6, 6.07) is 14.5. The quantitative estimate of drug-likeness (QED) is 0.875. The number of ether oxygens (including phenoxy) is 2. The summed E-state index contributed by atoms with van der Waals surface area (Å²) < 4.78 is 10.3. The second kappa shape index (κ2) is 7.17. The van der Waals surface area contributed by atoms with Crippen LogP contribution in [0.1, 0.15) is 34.7 Å². The molecule has 0 radical (unpaired) electrons. The van der Waals surface area contributed by atoms with Crippen molar-refractivity contribution in [1.82, 2.24) is 0 Å². The molecule has 1 aliphatic heterocycles. The lowest BCUT2D eigenvalue weighted by molar-refractivity contribution is -0.116. The largest absolute Gasteiger partial charge is 0.493 e. The van der Waals surface area contributed by atoms with Gasteiger partial charge in [0.15, 0.2) is 0 Å². The van der Waals surface area contributed by atoms with E-state index >= 15 is 0 Å². The molecule has 5 nitrogen and oxygen atoms in total. The van der Waals surface area contributed by atoms with Crippen molar-refractivity contribution in [3.05, 3.63) is 59.7 Å². The Labute approximate surface area is 140 Å². The molecule has 2 aromatic rings. The van der Waals surface area contributed by atoms with Gasteiger partial charge in [-0.2, -0.15) is 0 Å². The maximum atomic E-state index is 12.4. The first kappa shape index (κ1) is 16.1. The first-order valence-electron chi connectivity index (χ1n) is 7.87. The SMILES string of the molecule is COC(=O)c1cccc(NC(=O)CC2CCOc3ccccc32)c1. The molecule has 0 saturated heterocycles. The highest BCUT2D eigenvalue weighted by Crippen LogP contribution is 2.35. The Bertz CT molecular complexity index is 757. The van der Waals surface area contributed by atoms with Crippen molar-refractivity contribution < 1.29 is 19.1 Å². The van der Waals surface area contributed by atoms with Gasteiger partial charge in [0.25, 0.3) is 0 Å². The molecule has 0 aromatic heterocycles. The number of hydrogen-bond acceptors (Lipinski definition) is 4. The van der Waals surface area contributed by atoms with Crippen LogP contribution in [0.2, 0.25) is 0 Å². The Balaban J connectivity index is 1.68. The summed E-state index contributed by atoms with van der Waals surface area (Å²) in [5.74, 6) is 0.483. The van der Waals surface area contributed by atoms with Gasteiger partial charge in [0, 0.05) is 12.1 Å². The highest BCUT2D eigenvalue weighted by molar-refractivity contribution is 5.94. The number of methoxy groups -OCH3 is 1. The Morgan fingerprint density at radius 3 is 2.88 bits per heavy atom. The summed E-state index contributed by atoms with van der Waals surface area (Å²) in [6.07, 6.45) is 1.19. The smallest absolute Gasteiger partial charge is 0.337 e. The summed E-state index contributed by atoms with van der Waals surface area (Å²) in [5.41, 5.74) is 2.07. The molecule has 1 unspecified atom stereocenters. The number of hydrogen-bond donors (Lipinski definition) is 1. The van der Waals surface area contributed by atoms with E-state index in [0.29, 0.717) is 24.3 Å². The second-order valence-corrected chi connectivity index (χ2v) is 5.70. The van der Waals surface area contributed by atoms with Gasteiger partial charge in [-0.3, -0.25) is 4.79 Å². The monoisotopic (exact) mass is 325 g/mol. The van der Waals surface area contributed by atoms with Gasteiger partial charge in [-0.1, -0.05) is 24.3 Å². The number of fused-ring (bicyclic) bond motifs is 1. The average Bonchev–Trinajstić information content (AvgIpc) is 2.61. The minimum absolute atomic E-state index is 0.0845. The van der Waals surface area contributed by atoms with E-state index in [0.717, 1.165) is 17.7 Å². The number of esters is 1. The van der Waals surface area contributed by atoms with E-state index in [9.17, 15) is 9.59 Å². The minimum atomic E-state index is -0.426. The standard InChI is InChI=1S/C19H19NO4/c1-23-19(22)14-5-4-6-15(11-14)20-18(21)12-13-9-10-24-17-8-3-2-7-16(13)17/h2-8,11,13H,9-10,12H2,1H3,(H,20,21). The van der Waals surface area contributed by atoms with E-state index in [1.807, 2.05) is 24.3 Å². The molecule has 5 heteroatoms. The lowest BCUT2D eigenvalue weighted by Crippen LogP contribution is -2.20. The Morgan fingerprint density at radius 1 is 1.21 bits per heavy atom. The topological polar surface area (TPSA) is 64.6 Å². The van der Waals surface area contributed by atoms with E-state index in [2.05, 4.69) is 5.32 Å². The number of amides is 1. The van der Waals surface area contributed by atoms with E-state index < -0.39 is 5.97 Å². The van der Waals surface area contributed by atoms with E-state index in [-0.39, 0.29) is 11.8 Å². The van der Waals surface area contributed by atoms with Crippen LogP contribution in [-0.2, 0) is 9.53 Å². The van der Waals surface area contributed by atoms with E-state index in [1.54, 1.807) is 24.3 Å². The maximum Gasteiger partial charge on any atom is 0.337 e. The van der Waals surface area contributed by atoms with Crippen LogP contribution in [0.5, 0.6) is 5.75 Å². The molecule has 0 bridgehead atoms. The van der Waals surface area contributed by atoms with Crippen LogP contribution in [0, 0.1) is 0 Å². The highest BCUT2D eigenvalue weighted by atomic mass is 16.5. The summed E-state index contributed by atoms with van der Waals surface area (Å²) in [6.45, 7) is 0.618. The second-order valence-electron chi connectivity index (χ2n) is 5.70. The van der Waals surface area contributed by atoms with Crippen molar-refractivity contribution in [2.45, 2.75) is 18.8 Å². The summed E-state index contributed by atoms with van der Waals surface area (Å²) in [4.78, 5) is 23.9. The van der Waals surface area contributed by atoms with Gasteiger partial charge >= 0.3 is 5.97 Å². The summed E-state index contributed by atoms with van der Waals surface area (Å²) in [7, 11) is 1.33. The van der Waals surface area contributed by atoms with Gasteiger partial charge in [-0.25, -0.2) is 4.79 Å². The van der Waals surface area contributed by atoms with Crippen molar-refractivity contribution in [1.29, 1.82) is 0 Å². The molecule has 0 aliphatic carbocycles. The lowest BCUT2D eigenvalue weighted by Gasteiger charge is -2.25. The molecule has 0 saturated carbocycles. The predicted molar refractivity (Wildman–Crippen MR) is 90.3 cm³/mol. The zero-order valence-electron chi connectivity index (χ0n) is 13.5. The van der Waals surface area contributed by atoms with Crippen molar-refractivity contribution in [2.24, 2.45) is 0 Å². The van der Waals surface area contributed by atoms with E-state index in [4.69, 9.17) is 9.47 Å². The molecule has 24 heavy (non-hydrogen) atoms. The van der Waals surface area contributed by atoms with Gasteiger partial charge in [-0.05, 0) is 42.2 Å². The summed E-state index contributed by atoms with van der Waals surface area (Å²) >= 11 is 0. The van der Waals surface area contributed by atoms with Crippen LogP contribution < -0.4 is 10.1 Å². The van der Waals surface area contributed by atoms with Crippen LogP contribution in [-0.4, -0.2) is 25.6 Å². The number of carbonyl (C=O) groups is 2. The highest BCUT2D eigenvalue weighted by Gasteiger charge is 2.23. The average molecular weight is 325 g/mol. The normalized spacial score (nSPS) is 15.8. The van der Waals surface area contributed by atoms with Gasteiger partial charge in [0.05, 0.1) is 19.3 Å². The zero-order chi connectivity index (χ0) is 16.9. The Hall–Kier alpha value is -2.82. The first-order valence-corrected chi connectivity index (χ1v) is 7.87. The number of benzene rings is 2. The molecule has 3 rings (SSSR count). The molecule has 0 fully saturated rings. The van der Waals surface area contributed by atoms with Crippen LogP contribution >= 0.6 is 0 Å². The molecule has 1 N–H and O–H groups in total. The molecule has 1 amide bonds. The molecule has 124 valence electrons. The van der Waals surface area contributed by atoms with Crippen LogP contribution in [0.4, 0.5) is 5.69 Å². The maximum absolute atomic E-state index is 12.4. The molecule has 0 spiro atoms. The summed E-state index contributed by atoms with van der Waals surface area (Å²) in [5, 5.41) is 2.85. The van der Waals surface area contributed by atoms with Crippen molar-refractivity contribution >= 4 is 17.6 Å². The molecule has 1 heterocycles. The third-order valence-electron chi connectivity index (χ3n) is 4.08. The predicted octanol–water partition coefficient (Wildman–Crippen LogP) is 3.37. The third-order valence-corrected chi connectivity index (χ3v) is 4.08. The molecular formula is C19H19NO4. The molecule has 1 atom stereocenters. The third kappa shape index (κ3) is 3.56. The number of para-hydroxylation sites is 1. The lowest BCUT2D eigenvalue weighted by atomic mass is 9.90. The Morgan fingerprint density at radius 2 is 2.04 bits per heavy atom. The number of rotatable bonds is 4. The van der Waals surface area contributed by atoms with E-state index in [1.165, 1.54) is 7.11 Å². The van der Waals surface area contributed by atoms with Gasteiger partial charge < -0.3 is 14.8 Å². The van der Waals surface area contributed by atoms with Crippen molar-refractivity contribution in [3.8, 4) is 5.75 Å². The van der Waals surface area contributed by atoms with Gasteiger partial charge in [-0.15, -0.1) is 0 Å². The molecular weight excluding hydrogens is 306 g/mol. The number of nitrogens with one attached hydrogen (secondary N) is 1. The zero-order valence-corrected chi connectivity index (χ0v) is 13.5. The fourth-order valence-corrected chi connectivity index (χ4v) is 2.91. The molecule has 2 aromatic carbocycles. The fraction of sp³-hybridized carbons (Fsp3) is 0.263. The Kier molecular flexibility index (Phi) is 4.79.